The molecule has 0 unspecified atom stereocenters. The maximum absolute atomic E-state index is 13.9. The van der Waals surface area contributed by atoms with Crippen LogP contribution in [0, 0.1) is 11.7 Å². The minimum Gasteiger partial charge on any atom is -0.339 e. The first-order chi connectivity index (χ1) is 9.63. The van der Waals surface area contributed by atoms with Crippen LogP contribution in [-0.2, 0) is 0 Å². The number of carbonyl (C=O) groups is 1. The van der Waals surface area contributed by atoms with E-state index in [-0.39, 0.29) is 28.9 Å². The van der Waals surface area contributed by atoms with Crippen LogP contribution in [0.15, 0.2) is 18.2 Å². The number of nitrogens with zero attached hydrogens (tertiary/aromatic N) is 1. The number of amides is 1. The van der Waals surface area contributed by atoms with Crippen LogP contribution < -0.4 is 5.32 Å². The summed E-state index contributed by atoms with van der Waals surface area (Å²) in [5.74, 6) is -0.218. The lowest BCUT2D eigenvalue weighted by atomic mass is 9.93. The SMILES string of the molecule is CNCCC1CCN(C(=O)c2cccc(Cl)c2F)CC1.Cl. The molecule has 1 aromatic rings. The molecule has 21 heavy (non-hydrogen) atoms. The van der Waals surface area contributed by atoms with Crippen molar-refractivity contribution >= 4 is 29.9 Å². The van der Waals surface area contributed by atoms with Crippen molar-refractivity contribution in [2.75, 3.05) is 26.7 Å². The lowest BCUT2D eigenvalue weighted by Crippen LogP contribution is -2.39. The zero-order chi connectivity index (χ0) is 14.5. The molecule has 1 fully saturated rings. The number of benzene rings is 1. The maximum atomic E-state index is 13.9. The van der Waals surface area contributed by atoms with Crippen molar-refractivity contribution in [3.63, 3.8) is 0 Å². The van der Waals surface area contributed by atoms with Crippen molar-refractivity contribution in [3.05, 3.63) is 34.6 Å². The van der Waals surface area contributed by atoms with Crippen LogP contribution in [0.3, 0.4) is 0 Å². The number of rotatable bonds is 4. The standard InChI is InChI=1S/C15H20ClFN2O.ClH/c1-18-8-5-11-6-9-19(10-7-11)15(20)12-3-2-4-13(16)14(12)17;/h2-4,11,18H,5-10H2,1H3;1H. The third kappa shape index (κ3) is 4.56. The quantitative estimate of drug-likeness (QED) is 0.915. The van der Waals surface area contributed by atoms with Gasteiger partial charge in [-0.1, -0.05) is 17.7 Å². The molecule has 0 spiro atoms. The molecule has 1 N–H and O–H groups in total. The predicted molar refractivity (Wildman–Crippen MR) is 85.8 cm³/mol. The van der Waals surface area contributed by atoms with E-state index in [0.29, 0.717) is 19.0 Å². The van der Waals surface area contributed by atoms with Crippen molar-refractivity contribution < 1.29 is 9.18 Å². The van der Waals surface area contributed by atoms with Crippen molar-refractivity contribution in [2.24, 2.45) is 5.92 Å². The summed E-state index contributed by atoms with van der Waals surface area (Å²) < 4.78 is 13.9. The van der Waals surface area contributed by atoms with Crippen LogP contribution in [0.25, 0.3) is 0 Å². The lowest BCUT2D eigenvalue weighted by Gasteiger charge is -2.32. The lowest BCUT2D eigenvalue weighted by molar-refractivity contribution is 0.0682. The summed E-state index contributed by atoms with van der Waals surface area (Å²) in [5, 5.41) is 3.14. The van der Waals surface area contributed by atoms with Crippen molar-refractivity contribution in [3.8, 4) is 0 Å². The minimum atomic E-state index is -0.614. The molecule has 0 aliphatic carbocycles. The molecule has 1 aliphatic heterocycles. The molecule has 0 atom stereocenters. The van der Waals surface area contributed by atoms with Gasteiger partial charge in [0.2, 0.25) is 0 Å². The first-order valence-corrected chi connectivity index (χ1v) is 7.39. The molecule has 0 bridgehead atoms. The van der Waals surface area contributed by atoms with Gasteiger partial charge < -0.3 is 10.2 Å². The monoisotopic (exact) mass is 334 g/mol. The van der Waals surface area contributed by atoms with Crippen LogP contribution in [0.2, 0.25) is 5.02 Å². The topological polar surface area (TPSA) is 32.3 Å². The first-order valence-electron chi connectivity index (χ1n) is 7.01. The van der Waals surface area contributed by atoms with E-state index in [4.69, 9.17) is 11.6 Å². The number of hydrogen-bond acceptors (Lipinski definition) is 2. The van der Waals surface area contributed by atoms with Crippen LogP contribution in [0.1, 0.15) is 29.6 Å². The summed E-state index contributed by atoms with van der Waals surface area (Å²) in [6, 6.07) is 4.56. The van der Waals surface area contributed by atoms with Crippen molar-refractivity contribution in [1.29, 1.82) is 0 Å². The average molecular weight is 335 g/mol. The van der Waals surface area contributed by atoms with Gasteiger partial charge in [-0.25, -0.2) is 4.39 Å². The second kappa shape index (κ2) is 8.57. The van der Waals surface area contributed by atoms with Gasteiger partial charge in [-0.15, -0.1) is 12.4 Å². The summed E-state index contributed by atoms with van der Waals surface area (Å²) in [4.78, 5) is 14.0. The Hall–Kier alpha value is -0.840. The van der Waals surface area contributed by atoms with Gasteiger partial charge in [-0.2, -0.15) is 0 Å². The summed E-state index contributed by atoms with van der Waals surface area (Å²) in [6.45, 7) is 2.39. The van der Waals surface area contributed by atoms with Crippen LogP contribution in [-0.4, -0.2) is 37.5 Å². The molecular formula is C15H21Cl2FN2O. The second-order valence-electron chi connectivity index (χ2n) is 5.23. The fraction of sp³-hybridized carbons (Fsp3) is 0.533. The zero-order valence-corrected chi connectivity index (χ0v) is 13.6. The van der Waals surface area contributed by atoms with Crippen LogP contribution in [0.5, 0.6) is 0 Å². The molecule has 0 radical (unpaired) electrons. The molecule has 1 aliphatic rings. The molecule has 1 saturated heterocycles. The third-order valence-corrected chi connectivity index (χ3v) is 4.18. The number of piperidine rings is 1. The fourth-order valence-corrected chi connectivity index (χ4v) is 2.79. The number of carbonyl (C=O) groups excluding carboxylic acids is 1. The fourth-order valence-electron chi connectivity index (χ4n) is 2.61. The first kappa shape index (κ1) is 18.2. The summed E-state index contributed by atoms with van der Waals surface area (Å²) >= 11 is 5.72. The number of nitrogens with one attached hydrogen (secondary N) is 1. The molecule has 1 heterocycles. The Morgan fingerprint density at radius 2 is 2.10 bits per heavy atom. The van der Waals surface area contributed by atoms with Crippen molar-refractivity contribution in [2.45, 2.75) is 19.3 Å². The largest absolute Gasteiger partial charge is 0.339 e. The molecule has 6 heteroatoms. The molecular weight excluding hydrogens is 314 g/mol. The van der Waals surface area contributed by atoms with Gasteiger partial charge >= 0.3 is 0 Å². The Morgan fingerprint density at radius 3 is 2.71 bits per heavy atom. The Labute approximate surface area is 136 Å². The predicted octanol–water partition coefficient (Wildman–Crippen LogP) is 3.36. The van der Waals surface area contributed by atoms with Gasteiger partial charge in [-0.05, 0) is 50.9 Å². The average Bonchev–Trinajstić information content (AvgIpc) is 2.48. The molecule has 3 nitrogen and oxygen atoms in total. The zero-order valence-electron chi connectivity index (χ0n) is 12.1. The smallest absolute Gasteiger partial charge is 0.256 e. The van der Waals surface area contributed by atoms with Gasteiger partial charge in [0.15, 0.2) is 5.82 Å². The van der Waals surface area contributed by atoms with E-state index < -0.39 is 5.82 Å². The van der Waals surface area contributed by atoms with Gasteiger partial charge in [0, 0.05) is 13.1 Å². The number of likely N-dealkylation sites (tertiary alicyclic amines) is 1. The molecule has 1 aromatic carbocycles. The van der Waals surface area contributed by atoms with Crippen molar-refractivity contribution in [1.82, 2.24) is 10.2 Å². The highest BCUT2D eigenvalue weighted by Crippen LogP contribution is 2.24. The van der Waals surface area contributed by atoms with E-state index in [2.05, 4.69) is 5.32 Å². The Morgan fingerprint density at radius 1 is 1.43 bits per heavy atom. The molecule has 0 aromatic heterocycles. The van der Waals surface area contributed by atoms with Gasteiger partial charge in [0.25, 0.3) is 5.91 Å². The van der Waals surface area contributed by atoms with E-state index >= 15 is 0 Å². The normalized spacial score (nSPS) is 15.7. The highest BCUT2D eigenvalue weighted by atomic mass is 35.5. The van der Waals surface area contributed by atoms with Gasteiger partial charge in [0.05, 0.1) is 10.6 Å². The van der Waals surface area contributed by atoms with E-state index in [1.54, 1.807) is 11.0 Å². The van der Waals surface area contributed by atoms with E-state index in [9.17, 15) is 9.18 Å². The van der Waals surface area contributed by atoms with Crippen LogP contribution in [0.4, 0.5) is 4.39 Å². The number of hydrogen-bond donors (Lipinski definition) is 1. The van der Waals surface area contributed by atoms with Gasteiger partial charge in [0.1, 0.15) is 0 Å². The summed E-state index contributed by atoms with van der Waals surface area (Å²) in [6.07, 6.45) is 3.09. The summed E-state index contributed by atoms with van der Waals surface area (Å²) in [5.41, 5.74) is 0.0752. The number of halogens is 3. The highest BCUT2D eigenvalue weighted by molar-refractivity contribution is 6.31. The second-order valence-corrected chi connectivity index (χ2v) is 5.64. The van der Waals surface area contributed by atoms with E-state index in [0.717, 1.165) is 25.8 Å². The Kier molecular flexibility index (Phi) is 7.43. The van der Waals surface area contributed by atoms with Crippen LogP contribution >= 0.6 is 24.0 Å². The van der Waals surface area contributed by atoms with E-state index in [1.165, 1.54) is 12.1 Å². The Bertz CT molecular complexity index is 477. The highest BCUT2D eigenvalue weighted by Gasteiger charge is 2.25. The minimum absolute atomic E-state index is 0. The third-order valence-electron chi connectivity index (χ3n) is 3.89. The maximum Gasteiger partial charge on any atom is 0.256 e. The van der Waals surface area contributed by atoms with Gasteiger partial charge in [-0.3, -0.25) is 4.79 Å². The molecule has 1 amide bonds. The van der Waals surface area contributed by atoms with E-state index in [1.807, 2.05) is 7.05 Å². The summed E-state index contributed by atoms with van der Waals surface area (Å²) in [7, 11) is 1.95. The Balaban J connectivity index is 0.00000220. The molecule has 118 valence electrons. The molecule has 0 saturated carbocycles. The molecule has 2 rings (SSSR count).